The molecule has 0 spiro atoms. The number of thiocarbonyl (C=S) groups is 1. The van der Waals surface area contributed by atoms with E-state index in [4.69, 9.17) is 17.0 Å². The molecule has 0 radical (unpaired) electrons. The van der Waals surface area contributed by atoms with Crippen LogP contribution in [0.3, 0.4) is 0 Å². The van der Waals surface area contributed by atoms with Crippen LogP contribution >= 0.6 is 12.2 Å². The molecule has 7 heteroatoms. The van der Waals surface area contributed by atoms with Gasteiger partial charge in [-0.1, -0.05) is 44.4 Å². The number of amides is 2. The van der Waals surface area contributed by atoms with E-state index in [0.29, 0.717) is 29.2 Å². The Hall–Kier alpha value is -2.93. The number of rotatable bonds is 9. The number of ether oxygens (including phenoxy) is 1. The quantitative estimate of drug-likeness (QED) is 0.382. The Balaban J connectivity index is 1.57. The van der Waals surface area contributed by atoms with Crippen molar-refractivity contribution in [3.8, 4) is 5.75 Å². The number of carbonyl (C=O) groups excluding carboxylic acids is 2. The minimum Gasteiger partial charge on any atom is -0.493 e. The van der Waals surface area contributed by atoms with E-state index in [2.05, 4.69) is 17.6 Å². The van der Waals surface area contributed by atoms with Crippen LogP contribution in [0.15, 0.2) is 48.5 Å². The minimum atomic E-state index is -0.336. The van der Waals surface area contributed by atoms with Crippen LogP contribution in [0.2, 0.25) is 0 Å². The van der Waals surface area contributed by atoms with E-state index in [9.17, 15) is 9.59 Å². The Morgan fingerprint density at radius 2 is 1.79 bits per heavy atom. The van der Waals surface area contributed by atoms with Gasteiger partial charge in [0.15, 0.2) is 5.11 Å². The Morgan fingerprint density at radius 3 is 2.58 bits per heavy atom. The first-order valence-electron chi connectivity index (χ1n) is 11.8. The van der Waals surface area contributed by atoms with Crippen molar-refractivity contribution in [2.45, 2.75) is 51.9 Å². The molecule has 2 aromatic rings. The first kappa shape index (κ1) is 24.7. The second kappa shape index (κ2) is 12.9. The zero-order chi connectivity index (χ0) is 23.5. The Kier molecular flexibility index (Phi) is 9.69. The number of hydrogen-bond acceptors (Lipinski definition) is 4. The van der Waals surface area contributed by atoms with Gasteiger partial charge >= 0.3 is 0 Å². The summed E-state index contributed by atoms with van der Waals surface area (Å²) in [6.45, 7) is 4.33. The molecule has 2 aromatic carbocycles. The number of likely N-dealkylation sites (tertiary alicyclic amines) is 1. The van der Waals surface area contributed by atoms with Crippen LogP contribution in [0.5, 0.6) is 5.75 Å². The summed E-state index contributed by atoms with van der Waals surface area (Å²) in [7, 11) is 0. The van der Waals surface area contributed by atoms with Crippen LogP contribution in [0.1, 0.15) is 72.6 Å². The molecule has 0 unspecified atom stereocenters. The maximum Gasteiger partial charge on any atom is 0.261 e. The zero-order valence-corrected chi connectivity index (χ0v) is 20.1. The average molecular weight is 468 g/mol. The van der Waals surface area contributed by atoms with Crippen molar-refractivity contribution < 1.29 is 14.3 Å². The second-order valence-corrected chi connectivity index (χ2v) is 8.66. The van der Waals surface area contributed by atoms with Crippen LogP contribution in [0.4, 0.5) is 5.69 Å². The summed E-state index contributed by atoms with van der Waals surface area (Å²) in [6, 6.07) is 14.4. The fourth-order valence-electron chi connectivity index (χ4n) is 3.83. The van der Waals surface area contributed by atoms with Crippen molar-refractivity contribution in [2.75, 3.05) is 25.0 Å². The van der Waals surface area contributed by atoms with Gasteiger partial charge in [-0.15, -0.1) is 0 Å². The number of nitrogens with zero attached hydrogens (tertiary/aromatic N) is 1. The lowest BCUT2D eigenvalue weighted by Crippen LogP contribution is -2.36. The van der Waals surface area contributed by atoms with Gasteiger partial charge in [-0.25, -0.2) is 0 Å². The van der Waals surface area contributed by atoms with E-state index in [1.165, 1.54) is 19.3 Å². The highest BCUT2D eigenvalue weighted by molar-refractivity contribution is 7.80. The third kappa shape index (κ3) is 7.56. The summed E-state index contributed by atoms with van der Waals surface area (Å²) in [4.78, 5) is 27.5. The topological polar surface area (TPSA) is 70.7 Å². The van der Waals surface area contributed by atoms with E-state index in [1.54, 1.807) is 30.3 Å². The molecule has 0 atom stereocenters. The first-order chi connectivity index (χ1) is 16.1. The van der Waals surface area contributed by atoms with Gasteiger partial charge in [-0.2, -0.15) is 0 Å². The van der Waals surface area contributed by atoms with Crippen LogP contribution < -0.4 is 15.4 Å². The average Bonchev–Trinajstić information content (AvgIpc) is 2.84. The molecule has 0 bridgehead atoms. The van der Waals surface area contributed by atoms with Gasteiger partial charge in [-0.3, -0.25) is 14.9 Å². The van der Waals surface area contributed by atoms with Gasteiger partial charge in [0.1, 0.15) is 5.75 Å². The monoisotopic (exact) mass is 467 g/mol. The van der Waals surface area contributed by atoms with E-state index in [0.717, 1.165) is 38.8 Å². The van der Waals surface area contributed by atoms with Gasteiger partial charge in [0.25, 0.3) is 11.8 Å². The third-order valence-electron chi connectivity index (χ3n) is 5.62. The molecule has 2 amide bonds. The van der Waals surface area contributed by atoms with Gasteiger partial charge in [0.05, 0.1) is 12.2 Å². The third-order valence-corrected chi connectivity index (χ3v) is 5.83. The van der Waals surface area contributed by atoms with Crippen LogP contribution in [0.25, 0.3) is 0 Å². The van der Waals surface area contributed by atoms with Crippen molar-refractivity contribution in [1.29, 1.82) is 0 Å². The molecule has 2 N–H and O–H groups in total. The van der Waals surface area contributed by atoms with Crippen LogP contribution in [0, 0.1) is 0 Å². The molecule has 0 aliphatic carbocycles. The van der Waals surface area contributed by atoms with E-state index < -0.39 is 0 Å². The van der Waals surface area contributed by atoms with Crippen molar-refractivity contribution in [2.24, 2.45) is 0 Å². The predicted octanol–water partition coefficient (Wildman–Crippen LogP) is 5.40. The molecule has 1 saturated heterocycles. The molecule has 6 nitrogen and oxygen atoms in total. The highest BCUT2D eigenvalue weighted by atomic mass is 32.1. The fraction of sp³-hybridized carbons (Fsp3) is 0.423. The molecule has 0 saturated carbocycles. The molecule has 176 valence electrons. The summed E-state index contributed by atoms with van der Waals surface area (Å²) in [5.74, 6) is 0.235. The lowest BCUT2D eigenvalue weighted by Gasteiger charge is -2.26. The number of unbranched alkanes of at least 4 members (excludes halogenated alkanes) is 3. The summed E-state index contributed by atoms with van der Waals surface area (Å²) >= 11 is 5.35. The molecule has 0 aromatic heterocycles. The van der Waals surface area contributed by atoms with Crippen LogP contribution in [-0.4, -0.2) is 41.5 Å². The SMILES string of the molecule is CCCCCCOc1ccccc1C(=O)NC(=S)Nc1cccc(C(=O)N2CCCCC2)c1. The number of para-hydroxylation sites is 1. The van der Waals surface area contributed by atoms with Crippen molar-refractivity contribution in [3.63, 3.8) is 0 Å². The van der Waals surface area contributed by atoms with E-state index in [-0.39, 0.29) is 16.9 Å². The largest absolute Gasteiger partial charge is 0.493 e. The summed E-state index contributed by atoms with van der Waals surface area (Å²) in [5.41, 5.74) is 1.70. The maximum absolute atomic E-state index is 12.8. The van der Waals surface area contributed by atoms with Gasteiger partial charge in [-0.05, 0) is 68.2 Å². The second-order valence-electron chi connectivity index (χ2n) is 8.25. The molecule has 1 aliphatic rings. The Labute approximate surface area is 201 Å². The Morgan fingerprint density at radius 1 is 1.00 bits per heavy atom. The lowest BCUT2D eigenvalue weighted by molar-refractivity contribution is 0.0724. The molecule has 1 fully saturated rings. The molecular formula is C26H33N3O3S. The highest BCUT2D eigenvalue weighted by Gasteiger charge is 2.19. The first-order valence-corrected chi connectivity index (χ1v) is 12.2. The normalized spacial score (nSPS) is 13.3. The van der Waals surface area contributed by atoms with Crippen molar-refractivity contribution in [3.05, 3.63) is 59.7 Å². The van der Waals surface area contributed by atoms with Crippen molar-refractivity contribution in [1.82, 2.24) is 10.2 Å². The maximum atomic E-state index is 12.8. The number of piperidine rings is 1. The number of carbonyl (C=O) groups is 2. The van der Waals surface area contributed by atoms with Gasteiger partial charge in [0, 0.05) is 24.3 Å². The van der Waals surface area contributed by atoms with Gasteiger partial charge < -0.3 is 15.0 Å². The van der Waals surface area contributed by atoms with Crippen LogP contribution in [-0.2, 0) is 0 Å². The molecule has 3 rings (SSSR count). The molecule has 1 heterocycles. The van der Waals surface area contributed by atoms with E-state index in [1.807, 2.05) is 23.1 Å². The summed E-state index contributed by atoms with van der Waals surface area (Å²) in [6.07, 6.45) is 7.67. The number of benzene rings is 2. The predicted molar refractivity (Wildman–Crippen MR) is 136 cm³/mol. The number of anilines is 1. The lowest BCUT2D eigenvalue weighted by atomic mass is 10.1. The molecular weight excluding hydrogens is 434 g/mol. The minimum absolute atomic E-state index is 0.0262. The molecule has 33 heavy (non-hydrogen) atoms. The molecule has 1 aliphatic heterocycles. The Bertz CT molecular complexity index is 957. The van der Waals surface area contributed by atoms with E-state index >= 15 is 0 Å². The zero-order valence-electron chi connectivity index (χ0n) is 19.3. The summed E-state index contributed by atoms with van der Waals surface area (Å²) < 4.78 is 5.84. The number of hydrogen-bond donors (Lipinski definition) is 2. The highest BCUT2D eigenvalue weighted by Crippen LogP contribution is 2.19. The fourth-order valence-corrected chi connectivity index (χ4v) is 4.04. The summed E-state index contributed by atoms with van der Waals surface area (Å²) in [5, 5.41) is 5.90. The van der Waals surface area contributed by atoms with Crippen molar-refractivity contribution >= 4 is 34.8 Å². The smallest absolute Gasteiger partial charge is 0.261 e. The van der Waals surface area contributed by atoms with Gasteiger partial charge in [0.2, 0.25) is 0 Å². The number of nitrogens with one attached hydrogen (secondary N) is 2. The standard InChI is InChI=1S/C26H33N3O3S/c1-2-3-4-10-18-32-23-15-7-6-14-22(23)24(30)28-26(33)27-21-13-11-12-20(19-21)25(31)29-16-8-5-9-17-29/h6-7,11-15,19H,2-5,8-10,16-18H2,1H3,(H2,27,28,30,33).